The highest BCUT2D eigenvalue weighted by molar-refractivity contribution is 5.32. The van der Waals surface area contributed by atoms with Crippen LogP contribution in [0.3, 0.4) is 0 Å². The molecule has 1 aromatic rings. The Morgan fingerprint density at radius 3 is 2.90 bits per heavy atom. The minimum Gasteiger partial charge on any atom is -0.389 e. The van der Waals surface area contributed by atoms with Crippen LogP contribution in [-0.2, 0) is 11.3 Å². The first-order valence-corrected chi connectivity index (χ1v) is 7.57. The van der Waals surface area contributed by atoms with Crippen LogP contribution in [0, 0.1) is 17.2 Å². The summed E-state index contributed by atoms with van der Waals surface area (Å²) in [6.07, 6.45) is 1.70. The van der Waals surface area contributed by atoms with E-state index in [1.54, 1.807) is 6.07 Å². The van der Waals surface area contributed by atoms with Crippen LogP contribution in [0.4, 0.5) is 0 Å². The van der Waals surface area contributed by atoms with Crippen LogP contribution in [0.1, 0.15) is 37.8 Å². The lowest BCUT2D eigenvalue weighted by Crippen LogP contribution is -2.30. The van der Waals surface area contributed by atoms with Gasteiger partial charge in [-0.1, -0.05) is 26.0 Å². The maximum absolute atomic E-state index is 9.80. The monoisotopic (exact) mass is 290 g/mol. The molecule has 0 heterocycles. The third kappa shape index (κ3) is 8.46. The van der Waals surface area contributed by atoms with Crippen molar-refractivity contribution in [2.75, 3.05) is 19.8 Å². The molecule has 0 aromatic heterocycles. The van der Waals surface area contributed by atoms with Gasteiger partial charge in [-0.3, -0.25) is 0 Å². The Hall–Kier alpha value is -1.41. The van der Waals surface area contributed by atoms with Gasteiger partial charge < -0.3 is 15.2 Å². The Morgan fingerprint density at radius 2 is 2.19 bits per heavy atom. The van der Waals surface area contributed by atoms with E-state index in [9.17, 15) is 5.11 Å². The number of benzene rings is 1. The molecule has 0 aliphatic rings. The van der Waals surface area contributed by atoms with E-state index in [4.69, 9.17) is 10.00 Å². The molecule has 0 aliphatic heterocycles. The standard InChI is InChI=1S/C17H26N2O2/c1-14(2)5-4-8-21-13-17(20)12-19-11-16-7-3-6-15(9-16)10-18/h3,6-7,9,14,17,19-20H,4-5,8,11-13H2,1-2H3. The minimum atomic E-state index is -0.497. The number of hydrogen-bond acceptors (Lipinski definition) is 4. The molecular weight excluding hydrogens is 264 g/mol. The summed E-state index contributed by atoms with van der Waals surface area (Å²) in [4.78, 5) is 0. The molecule has 0 radical (unpaired) electrons. The molecule has 1 unspecified atom stereocenters. The molecule has 0 saturated carbocycles. The first-order chi connectivity index (χ1) is 10.1. The van der Waals surface area contributed by atoms with E-state index in [-0.39, 0.29) is 0 Å². The third-order valence-corrected chi connectivity index (χ3v) is 3.15. The number of nitriles is 1. The summed E-state index contributed by atoms with van der Waals surface area (Å²) in [5.41, 5.74) is 1.70. The van der Waals surface area contributed by atoms with Gasteiger partial charge in [0.25, 0.3) is 0 Å². The SMILES string of the molecule is CC(C)CCCOCC(O)CNCc1cccc(C#N)c1. The van der Waals surface area contributed by atoms with Gasteiger partial charge in [-0.05, 0) is 36.5 Å². The van der Waals surface area contributed by atoms with Crippen molar-refractivity contribution in [3.63, 3.8) is 0 Å². The molecule has 0 amide bonds. The number of ether oxygens (including phenoxy) is 1. The van der Waals surface area contributed by atoms with Crippen molar-refractivity contribution in [2.45, 2.75) is 39.3 Å². The molecule has 0 aliphatic carbocycles. The van der Waals surface area contributed by atoms with Gasteiger partial charge in [0.1, 0.15) is 0 Å². The summed E-state index contributed by atoms with van der Waals surface area (Å²) < 4.78 is 5.45. The summed E-state index contributed by atoms with van der Waals surface area (Å²) in [6.45, 7) is 6.59. The maximum atomic E-state index is 9.80. The van der Waals surface area contributed by atoms with Crippen LogP contribution in [0.5, 0.6) is 0 Å². The molecule has 4 heteroatoms. The highest BCUT2D eigenvalue weighted by Crippen LogP contribution is 2.04. The van der Waals surface area contributed by atoms with Crippen LogP contribution >= 0.6 is 0 Å². The fourth-order valence-corrected chi connectivity index (χ4v) is 2.01. The molecule has 0 saturated heterocycles. The zero-order valence-corrected chi connectivity index (χ0v) is 13.0. The zero-order chi connectivity index (χ0) is 15.5. The Morgan fingerprint density at radius 1 is 1.38 bits per heavy atom. The van der Waals surface area contributed by atoms with Gasteiger partial charge in [0.05, 0.1) is 24.3 Å². The minimum absolute atomic E-state index is 0.364. The van der Waals surface area contributed by atoms with Crippen molar-refractivity contribution in [3.05, 3.63) is 35.4 Å². The van der Waals surface area contributed by atoms with E-state index in [1.807, 2.05) is 18.2 Å². The van der Waals surface area contributed by atoms with E-state index in [0.717, 1.165) is 18.4 Å². The quantitative estimate of drug-likeness (QED) is 0.650. The van der Waals surface area contributed by atoms with Crippen molar-refractivity contribution >= 4 is 0 Å². The number of aliphatic hydroxyl groups is 1. The van der Waals surface area contributed by atoms with Crippen LogP contribution in [0.25, 0.3) is 0 Å². The highest BCUT2D eigenvalue weighted by atomic mass is 16.5. The summed E-state index contributed by atoms with van der Waals surface area (Å²) in [5, 5.41) is 21.8. The predicted octanol–water partition coefficient (Wildman–Crippen LogP) is 2.46. The fraction of sp³-hybridized carbons (Fsp3) is 0.588. The first-order valence-electron chi connectivity index (χ1n) is 7.57. The number of nitrogens with zero attached hydrogens (tertiary/aromatic N) is 1. The van der Waals surface area contributed by atoms with Crippen molar-refractivity contribution < 1.29 is 9.84 Å². The molecule has 116 valence electrons. The summed E-state index contributed by atoms with van der Waals surface area (Å²) in [6, 6.07) is 9.57. The molecular formula is C17H26N2O2. The topological polar surface area (TPSA) is 65.3 Å². The van der Waals surface area contributed by atoms with E-state index >= 15 is 0 Å². The van der Waals surface area contributed by atoms with Crippen molar-refractivity contribution in [1.82, 2.24) is 5.32 Å². The maximum Gasteiger partial charge on any atom is 0.0991 e. The van der Waals surface area contributed by atoms with Gasteiger partial charge in [0.15, 0.2) is 0 Å². The second-order valence-electron chi connectivity index (χ2n) is 5.71. The highest BCUT2D eigenvalue weighted by Gasteiger charge is 2.04. The van der Waals surface area contributed by atoms with Gasteiger partial charge in [0.2, 0.25) is 0 Å². The predicted molar refractivity (Wildman–Crippen MR) is 83.8 cm³/mol. The smallest absolute Gasteiger partial charge is 0.0991 e. The van der Waals surface area contributed by atoms with Crippen molar-refractivity contribution in [3.8, 4) is 6.07 Å². The van der Waals surface area contributed by atoms with E-state index in [0.29, 0.717) is 37.8 Å². The summed E-state index contributed by atoms with van der Waals surface area (Å²) >= 11 is 0. The normalized spacial score (nSPS) is 12.3. The average molecular weight is 290 g/mol. The van der Waals surface area contributed by atoms with Crippen LogP contribution in [0.15, 0.2) is 24.3 Å². The van der Waals surface area contributed by atoms with Crippen LogP contribution in [0.2, 0.25) is 0 Å². The largest absolute Gasteiger partial charge is 0.389 e. The van der Waals surface area contributed by atoms with Crippen LogP contribution < -0.4 is 5.32 Å². The van der Waals surface area contributed by atoms with E-state index in [1.165, 1.54) is 0 Å². The number of hydrogen-bond donors (Lipinski definition) is 2. The molecule has 1 rings (SSSR count). The second kappa shape index (κ2) is 10.3. The lowest BCUT2D eigenvalue weighted by atomic mass is 10.1. The molecule has 0 spiro atoms. The molecule has 0 bridgehead atoms. The van der Waals surface area contributed by atoms with Gasteiger partial charge in [0, 0.05) is 19.7 Å². The molecule has 1 aromatic carbocycles. The number of aliphatic hydroxyl groups excluding tert-OH is 1. The van der Waals surface area contributed by atoms with E-state index < -0.39 is 6.10 Å². The Balaban J connectivity index is 2.10. The lowest BCUT2D eigenvalue weighted by Gasteiger charge is -2.13. The summed E-state index contributed by atoms with van der Waals surface area (Å²) in [7, 11) is 0. The van der Waals surface area contributed by atoms with Gasteiger partial charge >= 0.3 is 0 Å². The lowest BCUT2D eigenvalue weighted by molar-refractivity contribution is 0.0346. The van der Waals surface area contributed by atoms with Gasteiger partial charge in [-0.2, -0.15) is 5.26 Å². The van der Waals surface area contributed by atoms with E-state index in [2.05, 4.69) is 25.2 Å². The molecule has 4 nitrogen and oxygen atoms in total. The van der Waals surface area contributed by atoms with Gasteiger partial charge in [-0.15, -0.1) is 0 Å². The third-order valence-electron chi connectivity index (χ3n) is 3.15. The number of nitrogens with one attached hydrogen (secondary N) is 1. The Bertz CT molecular complexity index is 441. The molecule has 21 heavy (non-hydrogen) atoms. The Labute approximate surface area is 127 Å². The first kappa shape index (κ1) is 17.6. The molecule has 0 fully saturated rings. The zero-order valence-electron chi connectivity index (χ0n) is 13.0. The van der Waals surface area contributed by atoms with Gasteiger partial charge in [-0.25, -0.2) is 0 Å². The molecule has 1 atom stereocenters. The molecule has 2 N–H and O–H groups in total. The number of rotatable bonds is 10. The summed E-state index contributed by atoms with van der Waals surface area (Å²) in [5.74, 6) is 0.698. The van der Waals surface area contributed by atoms with Crippen molar-refractivity contribution in [1.29, 1.82) is 5.26 Å². The van der Waals surface area contributed by atoms with Crippen LogP contribution in [-0.4, -0.2) is 31.0 Å². The fourth-order valence-electron chi connectivity index (χ4n) is 2.01. The Kier molecular flexibility index (Phi) is 8.68. The second-order valence-corrected chi connectivity index (χ2v) is 5.71. The van der Waals surface area contributed by atoms with Crippen molar-refractivity contribution in [2.24, 2.45) is 5.92 Å². The average Bonchev–Trinajstić information content (AvgIpc) is 2.47.